The Morgan fingerprint density at radius 2 is 0.833 bits per heavy atom. The molecule has 0 rings (SSSR count). The summed E-state index contributed by atoms with van der Waals surface area (Å²) in [7, 11) is 0. The molecule has 0 unspecified atom stereocenters. The van der Waals surface area contributed by atoms with E-state index in [9.17, 15) is 0 Å². The smallest absolute Gasteiger partial charge is 0.0149 e. The summed E-state index contributed by atoms with van der Waals surface area (Å²) in [5, 5.41) is 0. The van der Waals surface area contributed by atoms with Gasteiger partial charge in [0.1, 0.15) is 0 Å². The molecule has 82 valence electrons. The highest BCUT2D eigenvalue weighted by Crippen LogP contribution is 2.03. The molecule has 0 aromatic heterocycles. The molecule has 0 aliphatic carbocycles. The maximum absolute atomic E-state index is 2.26. The van der Waals surface area contributed by atoms with E-state index in [0.717, 1.165) is 0 Å². The van der Waals surface area contributed by atoms with Gasteiger partial charge in [-0.25, -0.2) is 0 Å². The minimum absolute atomic E-state index is 0. The molecule has 0 aromatic carbocycles. The summed E-state index contributed by atoms with van der Waals surface area (Å²) in [6, 6.07) is 0. The minimum atomic E-state index is 0. The topological polar surface area (TPSA) is 0 Å². The molecule has 0 saturated carbocycles. The Bertz CT molecular complexity index is 39.3. The van der Waals surface area contributed by atoms with Crippen LogP contribution in [0.5, 0.6) is 0 Å². The number of hydrogen-bond acceptors (Lipinski definition) is 0. The van der Waals surface area contributed by atoms with E-state index in [1.54, 1.807) is 0 Å². The van der Waals surface area contributed by atoms with E-state index < -0.39 is 0 Å². The highest BCUT2D eigenvalue weighted by molar-refractivity contribution is 5.86. The van der Waals surface area contributed by atoms with Gasteiger partial charge in [0, 0.05) is 0 Å². The van der Waals surface area contributed by atoms with Crippen molar-refractivity contribution in [1.82, 2.24) is 0 Å². The van der Waals surface area contributed by atoms with Crippen molar-refractivity contribution in [3.8, 4) is 0 Å². The van der Waals surface area contributed by atoms with Crippen molar-refractivity contribution in [1.29, 1.82) is 0 Å². The van der Waals surface area contributed by atoms with Crippen molar-refractivity contribution < 1.29 is 0 Å². The number of unbranched alkanes of at least 4 members (excludes halogenated alkanes) is 5. The molecule has 0 nitrogen and oxygen atoms in total. The van der Waals surface area contributed by atoms with Gasteiger partial charge in [-0.15, -0.1) is 37.2 Å². The standard InChI is InChI=1S/C8H18.3ClH.H4Si/c1-3-5-7-8-6-4-2;;;;/h3-8H2,1-2H3;3*1H;1H4. The highest BCUT2D eigenvalue weighted by Gasteiger charge is 1.83. The Balaban J connectivity index is -0.0000000408. The fraction of sp³-hybridized carbons (Fsp3) is 1.00. The molecule has 0 aromatic rings. The lowest BCUT2D eigenvalue weighted by Gasteiger charge is -1.93. The van der Waals surface area contributed by atoms with Crippen molar-refractivity contribution in [3.05, 3.63) is 0 Å². The first-order valence-corrected chi connectivity index (χ1v) is 3.91. The Labute approximate surface area is 101 Å². The largest absolute Gasteiger partial charge is 0.147 e. The van der Waals surface area contributed by atoms with Crippen LogP contribution in [-0.2, 0) is 0 Å². The second kappa shape index (κ2) is 29.6. The van der Waals surface area contributed by atoms with Crippen molar-refractivity contribution >= 4 is 48.2 Å². The van der Waals surface area contributed by atoms with Gasteiger partial charge in [0.25, 0.3) is 0 Å². The van der Waals surface area contributed by atoms with Gasteiger partial charge in [0.15, 0.2) is 0 Å². The van der Waals surface area contributed by atoms with Crippen LogP contribution in [0.4, 0.5) is 0 Å². The maximum Gasteiger partial charge on any atom is -0.0149 e. The molecule has 0 aliphatic heterocycles. The summed E-state index contributed by atoms with van der Waals surface area (Å²) in [4.78, 5) is 0. The van der Waals surface area contributed by atoms with E-state index in [1.165, 1.54) is 38.5 Å². The van der Waals surface area contributed by atoms with E-state index in [4.69, 9.17) is 0 Å². The quantitative estimate of drug-likeness (QED) is 0.523. The van der Waals surface area contributed by atoms with Crippen molar-refractivity contribution in [2.45, 2.75) is 52.4 Å². The van der Waals surface area contributed by atoms with Crippen molar-refractivity contribution in [2.24, 2.45) is 0 Å². The second-order valence-electron chi connectivity index (χ2n) is 2.41. The predicted octanol–water partition coefficient (Wildman–Crippen LogP) is 3.18. The van der Waals surface area contributed by atoms with E-state index in [1.807, 2.05) is 0 Å². The van der Waals surface area contributed by atoms with Crippen LogP contribution in [0.2, 0.25) is 0 Å². The first-order chi connectivity index (χ1) is 3.91. The SMILES string of the molecule is CCCCCCCC.Cl.Cl.Cl.[SiH4]. The number of rotatable bonds is 5. The first kappa shape index (κ1) is 29.2. The summed E-state index contributed by atoms with van der Waals surface area (Å²) < 4.78 is 0. The van der Waals surface area contributed by atoms with Gasteiger partial charge in [0.2, 0.25) is 0 Å². The average Bonchev–Trinajstić information content (AvgIpc) is 1.81. The van der Waals surface area contributed by atoms with Gasteiger partial charge in [0.05, 0.1) is 0 Å². The van der Waals surface area contributed by atoms with Gasteiger partial charge in [-0.2, -0.15) is 0 Å². The molecule has 0 radical (unpaired) electrons. The summed E-state index contributed by atoms with van der Waals surface area (Å²) in [6.45, 7) is 4.51. The molecule has 0 N–H and O–H groups in total. The Hall–Kier alpha value is 1.09. The first-order valence-electron chi connectivity index (χ1n) is 3.91. The van der Waals surface area contributed by atoms with Crippen LogP contribution in [-0.4, -0.2) is 11.0 Å². The lowest BCUT2D eigenvalue weighted by molar-refractivity contribution is 0.624. The zero-order valence-electron chi connectivity index (χ0n) is 7.47. The van der Waals surface area contributed by atoms with Crippen LogP contribution in [0, 0.1) is 0 Å². The Morgan fingerprint density at radius 3 is 1.00 bits per heavy atom. The average molecular weight is 256 g/mol. The molecule has 0 atom stereocenters. The van der Waals surface area contributed by atoms with Crippen LogP contribution in [0.3, 0.4) is 0 Å². The Morgan fingerprint density at radius 1 is 0.583 bits per heavy atom. The molecular formula is C8H25Cl3Si. The molecule has 0 spiro atoms. The van der Waals surface area contributed by atoms with Crippen LogP contribution >= 0.6 is 37.2 Å². The van der Waals surface area contributed by atoms with Gasteiger partial charge >= 0.3 is 0 Å². The number of hydrogen-bond donors (Lipinski definition) is 0. The van der Waals surface area contributed by atoms with Gasteiger partial charge in [-0.3, -0.25) is 0 Å². The molecule has 0 heterocycles. The molecule has 0 aliphatic rings. The second-order valence-corrected chi connectivity index (χ2v) is 2.41. The van der Waals surface area contributed by atoms with Crippen LogP contribution in [0.15, 0.2) is 0 Å². The molecule has 0 amide bonds. The number of halogens is 3. The fourth-order valence-corrected chi connectivity index (χ4v) is 0.854. The van der Waals surface area contributed by atoms with E-state index >= 15 is 0 Å². The van der Waals surface area contributed by atoms with E-state index in [2.05, 4.69) is 13.8 Å². The van der Waals surface area contributed by atoms with Gasteiger partial charge in [-0.05, 0) is 11.0 Å². The maximum atomic E-state index is 2.26. The van der Waals surface area contributed by atoms with E-state index in [0.29, 0.717) is 0 Å². The zero-order chi connectivity index (χ0) is 6.24. The van der Waals surface area contributed by atoms with Crippen molar-refractivity contribution in [3.63, 3.8) is 0 Å². The normalized spacial score (nSPS) is 6.50. The molecule has 0 saturated heterocycles. The summed E-state index contributed by atoms with van der Waals surface area (Å²) in [5.41, 5.74) is 0. The fourth-order valence-electron chi connectivity index (χ4n) is 0.854. The lowest BCUT2D eigenvalue weighted by Crippen LogP contribution is -1.73. The molecule has 0 bridgehead atoms. The predicted molar refractivity (Wildman–Crippen MR) is 72.1 cm³/mol. The minimum Gasteiger partial charge on any atom is -0.147 e. The molecule has 12 heavy (non-hydrogen) atoms. The van der Waals surface area contributed by atoms with Gasteiger partial charge in [-0.1, -0.05) is 52.4 Å². The summed E-state index contributed by atoms with van der Waals surface area (Å²) >= 11 is 0. The third-order valence-corrected chi connectivity index (χ3v) is 1.46. The third-order valence-electron chi connectivity index (χ3n) is 1.46. The molecular weight excluding hydrogens is 231 g/mol. The zero-order valence-corrected chi connectivity index (χ0v) is 9.92. The monoisotopic (exact) mass is 254 g/mol. The van der Waals surface area contributed by atoms with Crippen LogP contribution in [0.25, 0.3) is 0 Å². The van der Waals surface area contributed by atoms with Crippen LogP contribution in [0.1, 0.15) is 52.4 Å². The Kier molecular flexibility index (Phi) is 72.1. The molecule has 0 fully saturated rings. The summed E-state index contributed by atoms with van der Waals surface area (Å²) in [6.07, 6.45) is 8.49. The molecule has 4 heteroatoms. The van der Waals surface area contributed by atoms with Crippen LogP contribution < -0.4 is 0 Å². The van der Waals surface area contributed by atoms with E-state index in [-0.39, 0.29) is 48.2 Å². The van der Waals surface area contributed by atoms with Gasteiger partial charge < -0.3 is 0 Å². The lowest BCUT2D eigenvalue weighted by atomic mass is 10.1. The third kappa shape index (κ3) is 30.4. The summed E-state index contributed by atoms with van der Waals surface area (Å²) in [5.74, 6) is 0. The highest BCUT2D eigenvalue weighted by atomic mass is 35.5. The van der Waals surface area contributed by atoms with Crippen molar-refractivity contribution in [2.75, 3.05) is 0 Å².